The summed E-state index contributed by atoms with van der Waals surface area (Å²) < 4.78 is 27.3. The number of amides is 1. The van der Waals surface area contributed by atoms with Gasteiger partial charge < -0.3 is 4.90 Å². The zero-order valence-electron chi connectivity index (χ0n) is 13.2. The number of nitrogens with zero attached hydrogens (tertiary/aromatic N) is 2. The van der Waals surface area contributed by atoms with Crippen molar-refractivity contribution in [2.45, 2.75) is 38.3 Å². The Morgan fingerprint density at radius 2 is 2.04 bits per heavy atom. The molecule has 124 valence electrons. The normalized spacial score (nSPS) is 31.1. The molecule has 1 amide bonds. The fourth-order valence-electron chi connectivity index (χ4n) is 4.75. The van der Waals surface area contributed by atoms with E-state index in [1.807, 2.05) is 0 Å². The monoisotopic (exact) mass is 320 g/mol. The number of benzene rings is 1. The number of rotatable bonds is 2. The predicted octanol–water partition coefficient (Wildman–Crippen LogP) is 2.80. The number of piperidine rings is 3. The fourth-order valence-corrected chi connectivity index (χ4v) is 4.75. The van der Waals surface area contributed by atoms with Gasteiger partial charge in [-0.3, -0.25) is 9.69 Å². The highest BCUT2D eigenvalue weighted by molar-refractivity contribution is 5.77. The van der Waals surface area contributed by atoms with E-state index in [0.717, 1.165) is 45.0 Å². The highest BCUT2D eigenvalue weighted by Gasteiger charge is 2.43. The molecule has 0 N–H and O–H groups in total. The average Bonchev–Trinajstić information content (AvgIpc) is 2.52. The maximum absolute atomic E-state index is 13.9. The molecule has 0 spiro atoms. The zero-order valence-corrected chi connectivity index (χ0v) is 13.2. The lowest BCUT2D eigenvalue weighted by molar-refractivity contribution is -0.145. The summed E-state index contributed by atoms with van der Waals surface area (Å²) >= 11 is 0. The summed E-state index contributed by atoms with van der Waals surface area (Å²) in [4.78, 5) is 16.5. The van der Waals surface area contributed by atoms with Crippen molar-refractivity contribution in [3.05, 3.63) is 35.4 Å². The number of hydrogen-bond acceptors (Lipinski definition) is 2. The molecule has 3 saturated heterocycles. The van der Waals surface area contributed by atoms with Gasteiger partial charge in [0.25, 0.3) is 0 Å². The Kier molecular flexibility index (Phi) is 3.84. The molecule has 2 bridgehead atoms. The minimum atomic E-state index is -0.386. The van der Waals surface area contributed by atoms with Gasteiger partial charge in [0, 0.05) is 44.2 Å². The van der Waals surface area contributed by atoms with Crippen LogP contribution in [-0.4, -0.2) is 41.4 Å². The molecule has 3 atom stereocenters. The molecular weight excluding hydrogens is 298 g/mol. The van der Waals surface area contributed by atoms with Gasteiger partial charge in [-0.15, -0.1) is 0 Å². The molecular formula is C18H22F2N2O. The zero-order chi connectivity index (χ0) is 16.0. The summed E-state index contributed by atoms with van der Waals surface area (Å²) in [5.41, 5.74) is 0.432. The quantitative estimate of drug-likeness (QED) is 0.836. The van der Waals surface area contributed by atoms with Gasteiger partial charge in [0.2, 0.25) is 5.91 Å². The van der Waals surface area contributed by atoms with Crippen LogP contribution in [0, 0.1) is 23.5 Å². The average molecular weight is 320 g/mol. The number of hydrogen-bond donors (Lipinski definition) is 0. The van der Waals surface area contributed by atoms with Crippen molar-refractivity contribution in [3.63, 3.8) is 0 Å². The van der Waals surface area contributed by atoms with Crippen molar-refractivity contribution in [2.75, 3.05) is 19.6 Å². The number of carbonyl (C=O) groups excluding carboxylic acids is 1. The molecule has 0 aliphatic carbocycles. The van der Waals surface area contributed by atoms with Gasteiger partial charge in [0.15, 0.2) is 0 Å². The lowest BCUT2D eigenvalue weighted by atomic mass is 9.76. The molecule has 23 heavy (non-hydrogen) atoms. The Hall–Kier alpha value is -1.49. The second-order valence-electron chi connectivity index (χ2n) is 7.30. The second kappa shape index (κ2) is 5.86. The van der Waals surface area contributed by atoms with Crippen LogP contribution in [0.1, 0.15) is 31.2 Å². The third-order valence-electron chi connectivity index (χ3n) is 5.66. The summed E-state index contributed by atoms with van der Waals surface area (Å²) in [5.74, 6) is 0.520. The van der Waals surface area contributed by atoms with Crippen LogP contribution in [0.5, 0.6) is 0 Å². The first-order valence-electron chi connectivity index (χ1n) is 8.56. The molecule has 3 fully saturated rings. The van der Waals surface area contributed by atoms with Crippen molar-refractivity contribution in [1.82, 2.24) is 9.80 Å². The van der Waals surface area contributed by atoms with Crippen LogP contribution in [0.3, 0.4) is 0 Å². The van der Waals surface area contributed by atoms with E-state index in [-0.39, 0.29) is 11.6 Å². The van der Waals surface area contributed by atoms with Crippen LogP contribution < -0.4 is 0 Å². The number of likely N-dealkylation sites (tertiary alicyclic amines) is 1. The third-order valence-corrected chi connectivity index (χ3v) is 5.66. The maximum Gasteiger partial charge on any atom is 0.222 e. The van der Waals surface area contributed by atoms with Crippen molar-refractivity contribution >= 4 is 5.91 Å². The first kappa shape index (κ1) is 15.1. The Bertz CT molecular complexity index is 621. The Morgan fingerprint density at radius 3 is 2.91 bits per heavy atom. The summed E-state index contributed by atoms with van der Waals surface area (Å²) in [6.45, 7) is 3.03. The van der Waals surface area contributed by atoms with Gasteiger partial charge in [0.1, 0.15) is 11.6 Å². The number of halogens is 2. The molecule has 0 saturated carbocycles. The van der Waals surface area contributed by atoms with Crippen LogP contribution in [0.15, 0.2) is 18.2 Å². The van der Waals surface area contributed by atoms with Crippen LogP contribution in [0.25, 0.3) is 0 Å². The smallest absolute Gasteiger partial charge is 0.222 e. The molecule has 0 aromatic heterocycles. The lowest BCUT2D eigenvalue weighted by Crippen LogP contribution is -2.60. The van der Waals surface area contributed by atoms with Crippen LogP contribution >= 0.6 is 0 Å². The van der Waals surface area contributed by atoms with Gasteiger partial charge in [-0.2, -0.15) is 0 Å². The van der Waals surface area contributed by atoms with Crippen LogP contribution in [0.4, 0.5) is 8.78 Å². The number of fused-ring (bicyclic) bond motifs is 4. The van der Waals surface area contributed by atoms with E-state index in [1.54, 1.807) is 0 Å². The SMILES string of the molecule is O=C1CCC[C@H]2[C@H]3C[C@@H](CN(Cc4cc(F)ccc4F)C3)CN12. The molecule has 3 heterocycles. The third kappa shape index (κ3) is 2.87. The molecule has 1 aromatic carbocycles. The van der Waals surface area contributed by atoms with Crippen molar-refractivity contribution in [1.29, 1.82) is 0 Å². The molecule has 1 aromatic rings. The minimum Gasteiger partial charge on any atom is -0.339 e. The fraction of sp³-hybridized carbons (Fsp3) is 0.611. The molecule has 4 rings (SSSR count). The first-order valence-corrected chi connectivity index (χ1v) is 8.56. The first-order chi connectivity index (χ1) is 11.1. The Morgan fingerprint density at radius 1 is 1.17 bits per heavy atom. The van der Waals surface area contributed by atoms with E-state index >= 15 is 0 Å². The van der Waals surface area contributed by atoms with Crippen LogP contribution in [-0.2, 0) is 11.3 Å². The highest BCUT2D eigenvalue weighted by atomic mass is 19.1. The summed E-state index contributed by atoms with van der Waals surface area (Å²) in [5, 5.41) is 0. The second-order valence-corrected chi connectivity index (χ2v) is 7.30. The molecule has 3 aliphatic heterocycles. The van der Waals surface area contributed by atoms with E-state index in [0.29, 0.717) is 42.3 Å². The summed E-state index contributed by atoms with van der Waals surface area (Å²) in [6, 6.07) is 4.02. The van der Waals surface area contributed by atoms with E-state index in [4.69, 9.17) is 0 Å². The standard InChI is InChI=1S/C18H22F2N2O/c19-15-4-5-16(20)13(7-15)10-21-8-12-6-14(11-21)17-2-1-3-18(23)22(17)9-12/h4-5,7,12,14,17H,1-3,6,8-11H2/t12-,14-,17-/m0/s1. The van der Waals surface area contributed by atoms with Crippen LogP contribution in [0.2, 0.25) is 0 Å². The Labute approximate surface area is 135 Å². The van der Waals surface area contributed by atoms with Gasteiger partial charge >= 0.3 is 0 Å². The molecule has 3 nitrogen and oxygen atoms in total. The van der Waals surface area contributed by atoms with E-state index in [9.17, 15) is 13.6 Å². The van der Waals surface area contributed by atoms with Gasteiger partial charge in [-0.25, -0.2) is 8.78 Å². The molecule has 3 aliphatic rings. The maximum atomic E-state index is 13.9. The minimum absolute atomic E-state index is 0.306. The van der Waals surface area contributed by atoms with Gasteiger partial charge in [-0.1, -0.05) is 0 Å². The topological polar surface area (TPSA) is 23.6 Å². The highest BCUT2D eigenvalue weighted by Crippen LogP contribution is 2.38. The largest absolute Gasteiger partial charge is 0.339 e. The summed E-state index contributed by atoms with van der Waals surface area (Å²) in [7, 11) is 0. The predicted molar refractivity (Wildman–Crippen MR) is 82.6 cm³/mol. The van der Waals surface area contributed by atoms with Gasteiger partial charge in [0.05, 0.1) is 0 Å². The molecule has 0 unspecified atom stereocenters. The number of carbonyl (C=O) groups is 1. The summed E-state index contributed by atoms with van der Waals surface area (Å²) in [6.07, 6.45) is 3.93. The van der Waals surface area contributed by atoms with Crippen molar-refractivity contribution in [2.24, 2.45) is 11.8 Å². The lowest BCUT2D eigenvalue weighted by Gasteiger charge is -2.52. The molecule has 5 heteroatoms. The van der Waals surface area contributed by atoms with E-state index in [2.05, 4.69) is 9.80 Å². The Balaban J connectivity index is 1.49. The van der Waals surface area contributed by atoms with Crippen molar-refractivity contribution in [3.8, 4) is 0 Å². The van der Waals surface area contributed by atoms with Crippen molar-refractivity contribution < 1.29 is 13.6 Å². The van der Waals surface area contributed by atoms with Gasteiger partial charge in [-0.05, 0) is 49.3 Å². The van der Waals surface area contributed by atoms with E-state index in [1.165, 1.54) is 12.1 Å². The molecule has 0 radical (unpaired) electrons. The van der Waals surface area contributed by atoms with E-state index < -0.39 is 0 Å².